The lowest BCUT2D eigenvalue weighted by Crippen LogP contribution is -2.45. The van der Waals surface area contributed by atoms with Crippen molar-refractivity contribution in [1.29, 1.82) is 0 Å². The number of aromatic nitrogens is 1. The second-order valence-electron chi connectivity index (χ2n) is 5.67. The van der Waals surface area contributed by atoms with Gasteiger partial charge in [-0.15, -0.1) is 0 Å². The van der Waals surface area contributed by atoms with Gasteiger partial charge < -0.3 is 10.3 Å². The van der Waals surface area contributed by atoms with Crippen LogP contribution in [0.25, 0.3) is 0 Å². The van der Waals surface area contributed by atoms with Crippen molar-refractivity contribution in [1.82, 2.24) is 20.5 Å². The van der Waals surface area contributed by atoms with E-state index in [1.54, 1.807) is 18.3 Å². The van der Waals surface area contributed by atoms with E-state index in [9.17, 15) is 9.59 Å². The molecule has 6 nitrogen and oxygen atoms in total. The molecular weight excluding hydrogens is 268 g/mol. The highest BCUT2D eigenvalue weighted by molar-refractivity contribution is 6.04. The van der Waals surface area contributed by atoms with E-state index in [4.69, 9.17) is 0 Å². The zero-order valence-corrected chi connectivity index (χ0v) is 12.7. The van der Waals surface area contributed by atoms with Gasteiger partial charge in [0.2, 0.25) is 5.91 Å². The monoisotopic (exact) mass is 292 g/mol. The van der Waals surface area contributed by atoms with Crippen LogP contribution < -0.4 is 10.6 Å². The van der Waals surface area contributed by atoms with Gasteiger partial charge in [-0.1, -0.05) is 0 Å². The number of H-pyrrole nitrogens is 1. The van der Waals surface area contributed by atoms with Crippen LogP contribution in [0, 0.1) is 0 Å². The number of nitrogens with one attached hydrogen (secondary N) is 3. The average molecular weight is 292 g/mol. The predicted molar refractivity (Wildman–Crippen MR) is 81.0 cm³/mol. The summed E-state index contributed by atoms with van der Waals surface area (Å²) in [6, 6.07) is 4.38. The molecule has 1 aromatic heterocycles. The van der Waals surface area contributed by atoms with Gasteiger partial charge in [0.15, 0.2) is 0 Å². The number of nitrogens with zero attached hydrogens (tertiary/aromatic N) is 1. The maximum absolute atomic E-state index is 11.9. The van der Waals surface area contributed by atoms with Crippen LogP contribution in [0.15, 0.2) is 18.3 Å². The molecule has 21 heavy (non-hydrogen) atoms. The molecule has 0 radical (unpaired) electrons. The third-order valence-corrected chi connectivity index (χ3v) is 4.22. The molecule has 0 unspecified atom stereocenters. The Bertz CT molecular complexity index is 464. The molecule has 0 bridgehead atoms. The normalized spacial score (nSPS) is 22.2. The summed E-state index contributed by atoms with van der Waals surface area (Å²) in [4.78, 5) is 28.5. The van der Waals surface area contributed by atoms with Crippen LogP contribution >= 0.6 is 0 Å². The molecule has 2 rings (SSSR count). The molecule has 0 saturated heterocycles. The van der Waals surface area contributed by atoms with Crippen molar-refractivity contribution in [2.24, 2.45) is 0 Å². The molecule has 3 N–H and O–H groups in total. The summed E-state index contributed by atoms with van der Waals surface area (Å²) in [5.74, 6) is -0.634. The van der Waals surface area contributed by atoms with E-state index in [1.807, 2.05) is 19.0 Å². The smallest absolute Gasteiger partial charge is 0.274 e. The standard InChI is InChI=1S/C15H24N4O2/c1-16-11-5-7-12(8-6-11)19(2)10-14(20)18-15(21)13-4-3-9-17-13/h3-4,9,11-12,16-17H,5-8,10H2,1-2H3,(H,18,20,21). The quantitative estimate of drug-likeness (QED) is 0.748. The first kappa shape index (κ1) is 15.7. The van der Waals surface area contributed by atoms with Crippen LogP contribution in [0.3, 0.4) is 0 Å². The number of carbonyl (C=O) groups is 2. The summed E-state index contributed by atoms with van der Waals surface area (Å²) < 4.78 is 0. The summed E-state index contributed by atoms with van der Waals surface area (Å²) in [5.41, 5.74) is 0.403. The molecular formula is C15H24N4O2. The molecule has 1 aliphatic rings. The third-order valence-electron chi connectivity index (χ3n) is 4.22. The number of hydrogen-bond acceptors (Lipinski definition) is 4. The number of amides is 2. The van der Waals surface area contributed by atoms with Gasteiger partial charge in [-0.3, -0.25) is 19.8 Å². The Morgan fingerprint density at radius 2 is 2.05 bits per heavy atom. The third kappa shape index (κ3) is 4.41. The molecule has 0 aliphatic heterocycles. The van der Waals surface area contributed by atoms with E-state index in [1.165, 1.54) is 0 Å². The first-order valence-electron chi connectivity index (χ1n) is 7.45. The van der Waals surface area contributed by atoms with Gasteiger partial charge in [0, 0.05) is 18.3 Å². The lowest BCUT2D eigenvalue weighted by Gasteiger charge is -2.34. The average Bonchev–Trinajstić information content (AvgIpc) is 3.01. The molecule has 0 aromatic carbocycles. The van der Waals surface area contributed by atoms with Crippen LogP contribution in [0.1, 0.15) is 36.2 Å². The second kappa shape index (κ2) is 7.38. The van der Waals surface area contributed by atoms with E-state index < -0.39 is 0 Å². The Balaban J connectivity index is 1.76. The minimum absolute atomic E-state index is 0.251. The van der Waals surface area contributed by atoms with Crippen LogP contribution in [0.4, 0.5) is 0 Å². The van der Waals surface area contributed by atoms with Crippen molar-refractivity contribution < 1.29 is 9.59 Å². The Morgan fingerprint density at radius 1 is 1.33 bits per heavy atom. The fraction of sp³-hybridized carbons (Fsp3) is 0.600. The molecule has 1 aromatic rings. The fourth-order valence-electron chi connectivity index (χ4n) is 2.87. The number of aromatic amines is 1. The summed E-state index contributed by atoms with van der Waals surface area (Å²) in [6.45, 7) is 0.251. The molecule has 1 fully saturated rings. The van der Waals surface area contributed by atoms with Crippen molar-refractivity contribution in [3.05, 3.63) is 24.0 Å². The van der Waals surface area contributed by atoms with Gasteiger partial charge >= 0.3 is 0 Å². The van der Waals surface area contributed by atoms with Crippen LogP contribution in [0.5, 0.6) is 0 Å². The zero-order valence-electron chi connectivity index (χ0n) is 12.7. The summed E-state index contributed by atoms with van der Waals surface area (Å²) in [5, 5.41) is 5.71. The molecule has 6 heteroatoms. The van der Waals surface area contributed by atoms with Crippen molar-refractivity contribution in [2.45, 2.75) is 37.8 Å². The van der Waals surface area contributed by atoms with Gasteiger partial charge in [0.05, 0.1) is 6.54 Å². The van der Waals surface area contributed by atoms with E-state index in [2.05, 4.69) is 15.6 Å². The number of imide groups is 1. The highest BCUT2D eigenvalue weighted by Crippen LogP contribution is 2.21. The Labute approximate surface area is 125 Å². The first-order chi connectivity index (χ1) is 10.1. The van der Waals surface area contributed by atoms with E-state index in [0.717, 1.165) is 25.7 Å². The molecule has 0 atom stereocenters. The highest BCUT2D eigenvalue weighted by atomic mass is 16.2. The molecule has 2 amide bonds. The van der Waals surface area contributed by atoms with Crippen LogP contribution in [0.2, 0.25) is 0 Å². The van der Waals surface area contributed by atoms with Crippen molar-refractivity contribution in [3.63, 3.8) is 0 Å². The van der Waals surface area contributed by atoms with Gasteiger partial charge in [0.25, 0.3) is 5.91 Å². The molecule has 116 valence electrons. The largest absolute Gasteiger partial charge is 0.357 e. The predicted octanol–water partition coefficient (Wildman–Crippen LogP) is 0.733. The van der Waals surface area contributed by atoms with E-state index in [-0.39, 0.29) is 18.4 Å². The summed E-state index contributed by atoms with van der Waals surface area (Å²) in [7, 11) is 3.94. The topological polar surface area (TPSA) is 77.2 Å². The van der Waals surface area contributed by atoms with Crippen molar-refractivity contribution >= 4 is 11.8 Å². The molecule has 0 spiro atoms. The van der Waals surface area contributed by atoms with Crippen LogP contribution in [-0.4, -0.2) is 54.4 Å². The first-order valence-corrected chi connectivity index (χ1v) is 7.45. The van der Waals surface area contributed by atoms with Crippen molar-refractivity contribution in [3.8, 4) is 0 Å². The SMILES string of the molecule is CNC1CCC(N(C)CC(=O)NC(=O)c2ccc[nH]2)CC1. The Hall–Kier alpha value is -1.66. The van der Waals surface area contributed by atoms with Crippen LogP contribution in [-0.2, 0) is 4.79 Å². The zero-order chi connectivity index (χ0) is 15.2. The Kier molecular flexibility index (Phi) is 5.52. The number of rotatable bonds is 5. The Morgan fingerprint density at radius 3 is 2.62 bits per heavy atom. The second-order valence-corrected chi connectivity index (χ2v) is 5.67. The number of carbonyl (C=O) groups excluding carboxylic acids is 2. The number of hydrogen-bond donors (Lipinski definition) is 3. The van der Waals surface area contributed by atoms with Gasteiger partial charge in [0.1, 0.15) is 5.69 Å². The molecule has 1 aliphatic carbocycles. The summed E-state index contributed by atoms with van der Waals surface area (Å²) >= 11 is 0. The maximum Gasteiger partial charge on any atom is 0.274 e. The minimum Gasteiger partial charge on any atom is -0.357 e. The maximum atomic E-state index is 11.9. The lowest BCUT2D eigenvalue weighted by atomic mass is 9.90. The van der Waals surface area contributed by atoms with E-state index in [0.29, 0.717) is 17.8 Å². The molecule has 1 saturated carbocycles. The van der Waals surface area contributed by atoms with Gasteiger partial charge in [-0.05, 0) is 51.9 Å². The molecule has 1 heterocycles. The lowest BCUT2D eigenvalue weighted by molar-refractivity contribution is -0.121. The highest BCUT2D eigenvalue weighted by Gasteiger charge is 2.24. The fourth-order valence-corrected chi connectivity index (χ4v) is 2.87. The van der Waals surface area contributed by atoms with E-state index >= 15 is 0 Å². The number of likely N-dealkylation sites (N-methyl/N-ethyl adjacent to an activating group) is 1. The summed E-state index contributed by atoms with van der Waals surface area (Å²) in [6.07, 6.45) is 6.09. The van der Waals surface area contributed by atoms with Crippen molar-refractivity contribution in [2.75, 3.05) is 20.6 Å². The van der Waals surface area contributed by atoms with Gasteiger partial charge in [-0.2, -0.15) is 0 Å². The van der Waals surface area contributed by atoms with Gasteiger partial charge in [-0.25, -0.2) is 0 Å². The minimum atomic E-state index is -0.378.